The Balaban J connectivity index is 1.66. The molecule has 0 unspecified atom stereocenters. The lowest BCUT2D eigenvalue weighted by atomic mass is 10.1. The van der Waals surface area contributed by atoms with E-state index in [4.69, 9.17) is 0 Å². The number of benzene rings is 3. The number of aromatic nitrogens is 2. The summed E-state index contributed by atoms with van der Waals surface area (Å²) in [6.45, 7) is 0. The van der Waals surface area contributed by atoms with Crippen molar-refractivity contribution in [3.05, 3.63) is 77.8 Å². The van der Waals surface area contributed by atoms with Crippen molar-refractivity contribution in [2.75, 3.05) is 5.32 Å². The van der Waals surface area contributed by atoms with Crippen LogP contribution in [0.25, 0.3) is 21.3 Å². The fraction of sp³-hybridized carbons (Fsp3) is 0. The molecule has 1 amide bonds. The Morgan fingerprint density at radius 1 is 0.833 bits per heavy atom. The van der Waals surface area contributed by atoms with E-state index >= 15 is 0 Å². The van der Waals surface area contributed by atoms with E-state index in [9.17, 15) is 4.79 Å². The number of rotatable bonds is 3. The highest BCUT2D eigenvalue weighted by Crippen LogP contribution is 2.30. The van der Waals surface area contributed by atoms with Crippen LogP contribution in [0.3, 0.4) is 0 Å². The number of hydrogen-bond donors (Lipinski definition) is 1. The molecule has 3 aromatic carbocycles. The fourth-order valence-electron chi connectivity index (χ4n) is 2.54. The Morgan fingerprint density at radius 2 is 1.58 bits per heavy atom. The van der Waals surface area contributed by atoms with Crippen molar-refractivity contribution in [1.82, 2.24) is 10.2 Å². The van der Waals surface area contributed by atoms with E-state index in [1.165, 1.54) is 11.3 Å². The molecule has 0 spiro atoms. The SMILES string of the molecule is O=C(Nc1ccccc1)c1nnc(-c2cccc3ccccc23)s1. The third-order valence-corrected chi connectivity index (χ3v) is 4.63. The predicted octanol–water partition coefficient (Wildman–Crippen LogP) is 4.61. The van der Waals surface area contributed by atoms with Gasteiger partial charge in [-0.25, -0.2) is 0 Å². The second kappa shape index (κ2) is 6.22. The molecule has 0 fully saturated rings. The van der Waals surface area contributed by atoms with Crippen molar-refractivity contribution < 1.29 is 4.79 Å². The molecule has 0 bridgehead atoms. The van der Waals surface area contributed by atoms with Gasteiger partial charge in [-0.05, 0) is 22.9 Å². The van der Waals surface area contributed by atoms with Crippen molar-refractivity contribution in [1.29, 1.82) is 0 Å². The number of para-hydroxylation sites is 1. The van der Waals surface area contributed by atoms with Crippen LogP contribution < -0.4 is 5.32 Å². The highest BCUT2D eigenvalue weighted by Gasteiger charge is 2.15. The van der Waals surface area contributed by atoms with Crippen LogP contribution in [-0.2, 0) is 0 Å². The summed E-state index contributed by atoms with van der Waals surface area (Å²) in [6.07, 6.45) is 0. The minimum absolute atomic E-state index is 0.245. The minimum atomic E-state index is -0.245. The summed E-state index contributed by atoms with van der Waals surface area (Å²) >= 11 is 1.29. The molecule has 4 rings (SSSR count). The van der Waals surface area contributed by atoms with Crippen molar-refractivity contribution in [2.24, 2.45) is 0 Å². The van der Waals surface area contributed by atoms with Gasteiger partial charge in [0, 0.05) is 11.3 Å². The number of amides is 1. The molecule has 0 saturated heterocycles. The van der Waals surface area contributed by atoms with Gasteiger partial charge in [0.25, 0.3) is 5.91 Å². The quantitative estimate of drug-likeness (QED) is 0.596. The smallest absolute Gasteiger partial charge is 0.286 e. The fourth-order valence-corrected chi connectivity index (χ4v) is 3.32. The molecule has 0 aliphatic heterocycles. The number of nitrogens with zero attached hydrogens (tertiary/aromatic N) is 2. The van der Waals surface area contributed by atoms with Crippen molar-refractivity contribution in [2.45, 2.75) is 0 Å². The van der Waals surface area contributed by atoms with Gasteiger partial charge in [0.1, 0.15) is 5.01 Å². The van der Waals surface area contributed by atoms with Gasteiger partial charge in [-0.15, -0.1) is 10.2 Å². The summed E-state index contributed by atoms with van der Waals surface area (Å²) in [5.74, 6) is -0.245. The van der Waals surface area contributed by atoms with E-state index in [0.717, 1.165) is 27.0 Å². The molecular weight excluding hydrogens is 318 g/mol. The van der Waals surface area contributed by atoms with Crippen LogP contribution in [-0.4, -0.2) is 16.1 Å². The van der Waals surface area contributed by atoms with Crippen molar-refractivity contribution in [3.63, 3.8) is 0 Å². The first-order valence-corrected chi connectivity index (χ1v) is 8.31. The van der Waals surface area contributed by atoms with Gasteiger partial charge in [-0.3, -0.25) is 4.79 Å². The molecule has 4 nitrogen and oxygen atoms in total. The largest absolute Gasteiger partial charge is 0.320 e. The maximum atomic E-state index is 12.3. The van der Waals surface area contributed by atoms with Crippen molar-refractivity contribution >= 4 is 33.7 Å². The Morgan fingerprint density at radius 3 is 2.46 bits per heavy atom. The second-order valence-corrected chi connectivity index (χ2v) is 6.24. The van der Waals surface area contributed by atoms with Gasteiger partial charge in [0.05, 0.1) is 0 Å². The number of anilines is 1. The molecule has 0 saturated carbocycles. The summed E-state index contributed by atoms with van der Waals surface area (Å²) in [4.78, 5) is 12.3. The van der Waals surface area contributed by atoms with E-state index < -0.39 is 0 Å². The highest BCUT2D eigenvalue weighted by atomic mass is 32.1. The third kappa shape index (κ3) is 2.77. The first-order chi connectivity index (χ1) is 11.8. The summed E-state index contributed by atoms with van der Waals surface area (Å²) in [7, 11) is 0. The predicted molar refractivity (Wildman–Crippen MR) is 97.2 cm³/mol. The number of carbonyl (C=O) groups excluding carboxylic acids is 1. The monoisotopic (exact) mass is 331 g/mol. The number of nitrogens with one attached hydrogen (secondary N) is 1. The zero-order chi connectivity index (χ0) is 16.4. The van der Waals surface area contributed by atoms with Crippen LogP contribution in [0.2, 0.25) is 0 Å². The van der Waals surface area contributed by atoms with Crippen LogP contribution in [0.15, 0.2) is 72.8 Å². The molecule has 1 heterocycles. The average molecular weight is 331 g/mol. The second-order valence-electron chi connectivity index (χ2n) is 5.26. The van der Waals surface area contributed by atoms with Crippen molar-refractivity contribution in [3.8, 4) is 10.6 Å². The first kappa shape index (κ1) is 14.5. The number of carbonyl (C=O) groups is 1. The molecule has 4 aromatic rings. The standard InChI is InChI=1S/C19H13N3OS/c23-17(20-14-9-2-1-3-10-14)19-22-21-18(24-19)16-12-6-8-13-7-4-5-11-15(13)16/h1-12H,(H,20,23). The Labute approximate surface area is 142 Å². The molecule has 0 aliphatic carbocycles. The Hall–Kier alpha value is -3.05. The van der Waals surface area contributed by atoms with Gasteiger partial charge >= 0.3 is 0 Å². The molecule has 0 radical (unpaired) electrons. The third-order valence-electron chi connectivity index (χ3n) is 3.67. The molecule has 5 heteroatoms. The molecule has 0 aliphatic rings. The van der Waals surface area contributed by atoms with Gasteiger partial charge in [-0.1, -0.05) is 72.0 Å². The van der Waals surface area contributed by atoms with Crippen LogP contribution in [0.1, 0.15) is 9.80 Å². The van der Waals surface area contributed by atoms with E-state index in [-0.39, 0.29) is 5.91 Å². The zero-order valence-electron chi connectivity index (χ0n) is 12.6. The molecule has 0 atom stereocenters. The van der Waals surface area contributed by atoms with Crippen LogP contribution in [0.5, 0.6) is 0 Å². The van der Waals surface area contributed by atoms with E-state index in [1.54, 1.807) is 0 Å². The lowest BCUT2D eigenvalue weighted by Gasteiger charge is -2.02. The normalized spacial score (nSPS) is 10.7. The molecule has 1 N–H and O–H groups in total. The number of fused-ring (bicyclic) bond motifs is 1. The van der Waals surface area contributed by atoms with E-state index in [1.807, 2.05) is 54.6 Å². The lowest BCUT2D eigenvalue weighted by molar-refractivity contribution is 0.102. The van der Waals surface area contributed by atoms with E-state index in [2.05, 4.69) is 33.7 Å². The number of hydrogen-bond acceptors (Lipinski definition) is 4. The van der Waals surface area contributed by atoms with Gasteiger partial charge in [0.15, 0.2) is 0 Å². The lowest BCUT2D eigenvalue weighted by Crippen LogP contribution is -2.11. The maximum Gasteiger partial charge on any atom is 0.286 e. The first-order valence-electron chi connectivity index (χ1n) is 7.49. The molecule has 1 aromatic heterocycles. The van der Waals surface area contributed by atoms with E-state index in [0.29, 0.717) is 5.01 Å². The maximum absolute atomic E-state index is 12.3. The average Bonchev–Trinajstić information content (AvgIpc) is 3.12. The molecular formula is C19H13N3OS. The summed E-state index contributed by atoms with van der Waals surface area (Å²) in [5, 5.41) is 14.4. The van der Waals surface area contributed by atoms with Crippen LogP contribution in [0.4, 0.5) is 5.69 Å². The molecule has 24 heavy (non-hydrogen) atoms. The van der Waals surface area contributed by atoms with Gasteiger partial charge in [-0.2, -0.15) is 0 Å². The zero-order valence-corrected chi connectivity index (χ0v) is 13.5. The Bertz CT molecular complexity index is 1010. The van der Waals surface area contributed by atoms with Crippen LogP contribution in [0, 0.1) is 0 Å². The molecule has 116 valence electrons. The summed E-state index contributed by atoms with van der Waals surface area (Å²) < 4.78 is 0. The summed E-state index contributed by atoms with van der Waals surface area (Å²) in [6, 6.07) is 23.5. The van der Waals surface area contributed by atoms with Crippen LogP contribution >= 0.6 is 11.3 Å². The highest BCUT2D eigenvalue weighted by molar-refractivity contribution is 7.16. The van der Waals surface area contributed by atoms with Gasteiger partial charge in [0.2, 0.25) is 5.01 Å². The topological polar surface area (TPSA) is 54.9 Å². The Kier molecular flexibility index (Phi) is 3.76. The van der Waals surface area contributed by atoms with Gasteiger partial charge < -0.3 is 5.32 Å². The minimum Gasteiger partial charge on any atom is -0.320 e. The summed E-state index contributed by atoms with van der Waals surface area (Å²) in [5.41, 5.74) is 1.73.